The minimum atomic E-state index is -0.415. The molecule has 28 heavy (non-hydrogen) atoms. The zero-order chi connectivity index (χ0) is 19.7. The number of nitro benzene ring substituents is 1. The standard InChI is InChI=1S/C18H16N6O4/c25-17-4-1-14(20-21-17)18(26)23-9-7-22(8-10-23)15-2-3-16(24(27)28)13-11-19-6-5-12(13)15/h1-6,11H,7-10H2,(H,21,25). The summed E-state index contributed by atoms with van der Waals surface area (Å²) in [5, 5.41) is 18.6. The molecule has 142 valence electrons. The molecular formula is C18H16N6O4. The summed E-state index contributed by atoms with van der Waals surface area (Å²) in [6.07, 6.45) is 3.11. The van der Waals surface area contributed by atoms with E-state index in [0.29, 0.717) is 31.6 Å². The highest BCUT2D eigenvalue weighted by atomic mass is 16.6. The summed E-state index contributed by atoms with van der Waals surface area (Å²) in [7, 11) is 0. The van der Waals surface area contributed by atoms with Crippen molar-refractivity contribution in [2.45, 2.75) is 0 Å². The second-order valence-corrected chi connectivity index (χ2v) is 6.37. The summed E-state index contributed by atoms with van der Waals surface area (Å²) < 4.78 is 0. The summed E-state index contributed by atoms with van der Waals surface area (Å²) in [5.74, 6) is -0.242. The maximum Gasteiger partial charge on any atom is 0.278 e. The van der Waals surface area contributed by atoms with Gasteiger partial charge in [-0.25, -0.2) is 5.10 Å². The maximum atomic E-state index is 12.5. The van der Waals surface area contributed by atoms with Crippen LogP contribution in [0.3, 0.4) is 0 Å². The Balaban J connectivity index is 1.55. The van der Waals surface area contributed by atoms with Crippen molar-refractivity contribution in [2.24, 2.45) is 0 Å². The fraction of sp³-hybridized carbons (Fsp3) is 0.222. The summed E-state index contributed by atoms with van der Waals surface area (Å²) >= 11 is 0. The molecule has 0 aliphatic carbocycles. The molecule has 4 rings (SSSR count). The number of nitrogens with zero attached hydrogens (tertiary/aromatic N) is 5. The van der Waals surface area contributed by atoms with Crippen molar-refractivity contribution >= 4 is 28.1 Å². The van der Waals surface area contributed by atoms with Crippen molar-refractivity contribution < 1.29 is 9.72 Å². The van der Waals surface area contributed by atoms with Gasteiger partial charge in [-0.15, -0.1) is 0 Å². The normalized spacial score (nSPS) is 14.3. The number of carbonyl (C=O) groups excluding carboxylic acids is 1. The Morgan fingerprint density at radius 2 is 1.86 bits per heavy atom. The van der Waals surface area contributed by atoms with E-state index in [9.17, 15) is 19.7 Å². The number of amides is 1. The number of nitro groups is 1. The van der Waals surface area contributed by atoms with Crippen LogP contribution >= 0.6 is 0 Å². The van der Waals surface area contributed by atoms with E-state index in [1.807, 2.05) is 0 Å². The van der Waals surface area contributed by atoms with Crippen LogP contribution in [0.4, 0.5) is 11.4 Å². The van der Waals surface area contributed by atoms with E-state index in [1.165, 1.54) is 24.4 Å². The number of hydrogen-bond donors (Lipinski definition) is 1. The van der Waals surface area contributed by atoms with Gasteiger partial charge in [0.25, 0.3) is 17.2 Å². The highest BCUT2D eigenvalue weighted by Gasteiger charge is 2.25. The van der Waals surface area contributed by atoms with Gasteiger partial charge in [0.15, 0.2) is 0 Å². The van der Waals surface area contributed by atoms with Gasteiger partial charge >= 0.3 is 0 Å². The number of rotatable bonds is 3. The molecular weight excluding hydrogens is 364 g/mol. The number of anilines is 1. The molecule has 0 spiro atoms. The first-order chi connectivity index (χ1) is 13.5. The zero-order valence-corrected chi connectivity index (χ0v) is 14.7. The quantitative estimate of drug-likeness (QED) is 0.534. The third kappa shape index (κ3) is 3.15. The number of aromatic nitrogens is 3. The van der Waals surface area contributed by atoms with Crippen LogP contribution in [0.2, 0.25) is 0 Å². The molecule has 0 saturated carbocycles. The van der Waals surface area contributed by atoms with Gasteiger partial charge in [0.2, 0.25) is 0 Å². The lowest BCUT2D eigenvalue weighted by atomic mass is 10.1. The van der Waals surface area contributed by atoms with E-state index in [0.717, 1.165) is 11.1 Å². The smallest absolute Gasteiger partial charge is 0.278 e. The molecule has 1 amide bonds. The Morgan fingerprint density at radius 3 is 2.54 bits per heavy atom. The second kappa shape index (κ2) is 7.06. The molecule has 1 fully saturated rings. The third-order valence-electron chi connectivity index (χ3n) is 4.77. The molecule has 10 nitrogen and oxygen atoms in total. The number of benzene rings is 1. The summed E-state index contributed by atoms with van der Waals surface area (Å²) in [6.45, 7) is 2.10. The van der Waals surface area contributed by atoms with E-state index < -0.39 is 4.92 Å². The predicted molar refractivity (Wildman–Crippen MR) is 101 cm³/mol. The van der Waals surface area contributed by atoms with Crippen molar-refractivity contribution in [1.29, 1.82) is 0 Å². The molecule has 0 radical (unpaired) electrons. The lowest BCUT2D eigenvalue weighted by Crippen LogP contribution is -2.49. The van der Waals surface area contributed by atoms with Crippen LogP contribution in [-0.2, 0) is 0 Å². The van der Waals surface area contributed by atoms with Crippen molar-refractivity contribution in [2.75, 3.05) is 31.1 Å². The van der Waals surface area contributed by atoms with Gasteiger partial charge < -0.3 is 9.80 Å². The lowest BCUT2D eigenvalue weighted by Gasteiger charge is -2.36. The first-order valence-electron chi connectivity index (χ1n) is 8.65. The van der Waals surface area contributed by atoms with E-state index in [-0.39, 0.29) is 22.8 Å². The largest absolute Gasteiger partial charge is 0.367 e. The molecule has 3 heterocycles. The van der Waals surface area contributed by atoms with Crippen molar-refractivity contribution in [3.05, 3.63) is 68.9 Å². The maximum absolute atomic E-state index is 12.5. The number of non-ortho nitro benzene ring substituents is 1. The van der Waals surface area contributed by atoms with Crippen LogP contribution in [0.1, 0.15) is 10.5 Å². The molecule has 0 bridgehead atoms. The van der Waals surface area contributed by atoms with Crippen molar-refractivity contribution in [3.63, 3.8) is 0 Å². The minimum Gasteiger partial charge on any atom is -0.367 e. The minimum absolute atomic E-state index is 0.0183. The molecule has 0 atom stereocenters. The number of nitrogens with one attached hydrogen (secondary N) is 1. The molecule has 10 heteroatoms. The van der Waals surface area contributed by atoms with Gasteiger partial charge in [-0.2, -0.15) is 5.10 Å². The van der Waals surface area contributed by atoms with Gasteiger partial charge in [-0.1, -0.05) is 0 Å². The highest BCUT2D eigenvalue weighted by Crippen LogP contribution is 2.33. The van der Waals surface area contributed by atoms with Gasteiger partial charge in [-0.3, -0.25) is 24.7 Å². The number of H-pyrrole nitrogens is 1. The van der Waals surface area contributed by atoms with Crippen LogP contribution in [0.15, 0.2) is 47.5 Å². The molecule has 1 N–H and O–H groups in total. The summed E-state index contributed by atoms with van der Waals surface area (Å²) in [6, 6.07) is 7.67. The average molecular weight is 380 g/mol. The van der Waals surface area contributed by atoms with Gasteiger partial charge in [-0.05, 0) is 18.2 Å². The Kier molecular flexibility index (Phi) is 4.44. The monoisotopic (exact) mass is 380 g/mol. The fourth-order valence-electron chi connectivity index (χ4n) is 3.37. The number of aromatic amines is 1. The topological polar surface area (TPSA) is 125 Å². The summed E-state index contributed by atoms with van der Waals surface area (Å²) in [5.41, 5.74) is 0.725. The van der Waals surface area contributed by atoms with Crippen molar-refractivity contribution in [1.82, 2.24) is 20.1 Å². The average Bonchev–Trinajstić information content (AvgIpc) is 2.73. The Morgan fingerprint density at radius 1 is 1.07 bits per heavy atom. The molecule has 1 aromatic carbocycles. The first kappa shape index (κ1) is 17.6. The van der Waals surface area contributed by atoms with Crippen molar-refractivity contribution in [3.8, 4) is 0 Å². The number of fused-ring (bicyclic) bond motifs is 1. The SMILES string of the molecule is O=C(c1ccc(=O)[nH]n1)N1CCN(c2ccc([N+](=O)[O-])c3cnccc23)CC1. The van der Waals surface area contributed by atoms with Crippen LogP contribution in [-0.4, -0.2) is 57.1 Å². The van der Waals surface area contributed by atoms with Crippen LogP contribution < -0.4 is 10.5 Å². The molecule has 3 aromatic rings. The first-order valence-corrected chi connectivity index (χ1v) is 8.65. The predicted octanol–water partition coefficient (Wildman–Crippen LogP) is 1.19. The van der Waals surface area contributed by atoms with E-state index >= 15 is 0 Å². The Labute approximate surface area is 158 Å². The van der Waals surface area contributed by atoms with Crippen LogP contribution in [0, 0.1) is 10.1 Å². The van der Waals surface area contributed by atoms with E-state index in [1.54, 1.807) is 23.2 Å². The Bertz CT molecular complexity index is 1100. The van der Waals surface area contributed by atoms with E-state index in [2.05, 4.69) is 20.1 Å². The van der Waals surface area contributed by atoms with Gasteiger partial charge in [0.1, 0.15) is 5.69 Å². The van der Waals surface area contributed by atoms with Crippen LogP contribution in [0.25, 0.3) is 10.8 Å². The summed E-state index contributed by atoms with van der Waals surface area (Å²) in [4.78, 5) is 42.3. The lowest BCUT2D eigenvalue weighted by molar-refractivity contribution is -0.383. The molecule has 1 aliphatic heterocycles. The number of carbonyl (C=O) groups is 1. The molecule has 1 saturated heterocycles. The fourth-order valence-corrected chi connectivity index (χ4v) is 3.37. The number of pyridine rings is 1. The molecule has 2 aromatic heterocycles. The number of hydrogen-bond acceptors (Lipinski definition) is 7. The van der Waals surface area contributed by atoms with E-state index in [4.69, 9.17) is 0 Å². The zero-order valence-electron chi connectivity index (χ0n) is 14.7. The molecule has 1 aliphatic rings. The third-order valence-corrected chi connectivity index (χ3v) is 4.77. The Hall–Kier alpha value is -3.82. The van der Waals surface area contributed by atoms with Gasteiger partial charge in [0, 0.05) is 61.8 Å². The van der Waals surface area contributed by atoms with Crippen LogP contribution in [0.5, 0.6) is 0 Å². The highest BCUT2D eigenvalue weighted by molar-refractivity contribution is 5.99. The number of piperazine rings is 1. The van der Waals surface area contributed by atoms with Gasteiger partial charge in [0.05, 0.1) is 10.3 Å². The second-order valence-electron chi connectivity index (χ2n) is 6.37. The molecule has 0 unspecified atom stereocenters.